The highest BCUT2D eigenvalue weighted by Gasteiger charge is 2.30. The number of aliphatic hydroxyl groups is 1. The van der Waals surface area contributed by atoms with Crippen molar-refractivity contribution < 1.29 is 80.2 Å². The number of esters is 4. The second kappa shape index (κ2) is 77.8. The fraction of sp³-hybridized carbons (Fsp3) is 0.655. The lowest BCUT2D eigenvalue weighted by molar-refractivity contribution is -0.161. The number of carbonyl (C=O) groups is 4. The van der Waals surface area contributed by atoms with Gasteiger partial charge in [-0.15, -0.1) is 0 Å². The minimum atomic E-state index is -5.01. The fourth-order valence-electron chi connectivity index (χ4n) is 10.4. The van der Waals surface area contributed by atoms with Gasteiger partial charge in [-0.2, -0.15) is 0 Å². The van der Waals surface area contributed by atoms with Crippen LogP contribution in [0.25, 0.3) is 0 Å². The van der Waals surface area contributed by atoms with Gasteiger partial charge in [0.05, 0.1) is 26.4 Å². The van der Waals surface area contributed by atoms with Crippen LogP contribution >= 0.6 is 15.6 Å². The van der Waals surface area contributed by atoms with Gasteiger partial charge in [-0.3, -0.25) is 37.3 Å². The van der Waals surface area contributed by atoms with Crippen LogP contribution in [0.3, 0.4) is 0 Å². The van der Waals surface area contributed by atoms with E-state index in [-0.39, 0.29) is 25.7 Å². The maximum atomic E-state index is 13.1. The Morgan fingerprint density at radius 3 is 0.849 bits per heavy atom. The van der Waals surface area contributed by atoms with Gasteiger partial charge in [0, 0.05) is 25.7 Å². The highest BCUT2D eigenvalue weighted by molar-refractivity contribution is 7.47. The summed E-state index contributed by atoms with van der Waals surface area (Å²) in [5.41, 5.74) is 0. The molecule has 0 bridgehead atoms. The second-order valence-corrected chi connectivity index (χ2v) is 29.5. The molecule has 17 nitrogen and oxygen atoms in total. The number of hydrogen-bond acceptors (Lipinski definition) is 15. The molecular formula is C87H144O17P2. The molecule has 0 aliphatic carbocycles. The number of allylic oxidation sites excluding steroid dienone is 26. The van der Waals surface area contributed by atoms with Crippen LogP contribution in [0.15, 0.2) is 158 Å². The van der Waals surface area contributed by atoms with Crippen LogP contribution in [0.1, 0.15) is 310 Å². The lowest BCUT2D eigenvalue weighted by Crippen LogP contribution is -2.30. The summed E-state index contributed by atoms with van der Waals surface area (Å²) in [5, 5.41) is 10.6. The van der Waals surface area contributed by atoms with Crippen molar-refractivity contribution in [2.45, 2.75) is 329 Å². The van der Waals surface area contributed by atoms with Crippen LogP contribution in [0.5, 0.6) is 0 Å². The summed E-state index contributed by atoms with van der Waals surface area (Å²) in [7, 11) is -10.0. The van der Waals surface area contributed by atoms with Crippen LogP contribution in [0.4, 0.5) is 0 Å². The number of ether oxygens (including phenoxy) is 4. The van der Waals surface area contributed by atoms with Crippen LogP contribution in [0, 0.1) is 0 Å². The molecule has 0 rings (SSSR count). The van der Waals surface area contributed by atoms with Crippen molar-refractivity contribution in [1.82, 2.24) is 0 Å². The van der Waals surface area contributed by atoms with Crippen molar-refractivity contribution in [2.24, 2.45) is 0 Å². The molecule has 0 aromatic carbocycles. The number of phosphoric acid groups is 2. The van der Waals surface area contributed by atoms with Crippen molar-refractivity contribution in [3.63, 3.8) is 0 Å². The lowest BCUT2D eigenvalue weighted by Gasteiger charge is -2.21. The molecule has 0 aromatic heterocycles. The summed E-state index contributed by atoms with van der Waals surface area (Å²) >= 11 is 0. The van der Waals surface area contributed by atoms with Crippen molar-refractivity contribution in [1.29, 1.82) is 0 Å². The molecule has 0 heterocycles. The SMILES string of the molecule is CC/C=C\C/C=C\C/C=C\C/C=C\C/C=C\C/C=C\CCC(=O)OCC(COP(=O)(O)OCC(O)COP(=O)(O)OCC(COC(=O)CCCC/C=C\C/C=C\C/C=C\C/C=C\CC)OC(=O)CCCCCCCCCCCCCCC)OC(=O)CCCCCCCC/C=C\C/C=C\C/C=C\CCCCC. The molecule has 0 aromatic rings. The Kier molecular flexibility index (Phi) is 73.9. The van der Waals surface area contributed by atoms with E-state index in [1.54, 1.807) is 0 Å². The van der Waals surface area contributed by atoms with E-state index in [9.17, 15) is 43.2 Å². The molecule has 106 heavy (non-hydrogen) atoms. The average molecular weight is 1520 g/mol. The number of hydrogen-bond donors (Lipinski definition) is 3. The zero-order valence-corrected chi connectivity index (χ0v) is 67.8. The van der Waals surface area contributed by atoms with Crippen LogP contribution in [-0.4, -0.2) is 96.7 Å². The first kappa shape index (κ1) is 101. The smallest absolute Gasteiger partial charge is 0.462 e. The maximum Gasteiger partial charge on any atom is 0.472 e. The van der Waals surface area contributed by atoms with Crippen molar-refractivity contribution in [2.75, 3.05) is 39.6 Å². The number of unbranched alkanes of at least 4 members (excludes halogenated alkanes) is 23. The summed E-state index contributed by atoms with van der Waals surface area (Å²) in [6.45, 7) is 4.48. The molecule has 3 N–H and O–H groups in total. The zero-order chi connectivity index (χ0) is 77.4. The van der Waals surface area contributed by atoms with Gasteiger partial charge in [0.1, 0.15) is 19.3 Å². The molecule has 0 saturated carbocycles. The second-order valence-electron chi connectivity index (χ2n) is 26.6. The maximum absolute atomic E-state index is 13.1. The summed E-state index contributed by atoms with van der Waals surface area (Å²) < 4.78 is 68.5. The van der Waals surface area contributed by atoms with E-state index >= 15 is 0 Å². The van der Waals surface area contributed by atoms with E-state index in [4.69, 9.17) is 37.0 Å². The van der Waals surface area contributed by atoms with E-state index in [1.807, 2.05) is 18.2 Å². The normalized spacial score (nSPS) is 14.7. The highest BCUT2D eigenvalue weighted by Crippen LogP contribution is 2.45. The van der Waals surface area contributed by atoms with Gasteiger partial charge in [-0.25, -0.2) is 9.13 Å². The molecule has 604 valence electrons. The molecule has 19 heteroatoms. The lowest BCUT2D eigenvalue weighted by atomic mass is 10.0. The number of carbonyl (C=O) groups excluding carboxylic acids is 4. The molecule has 0 aliphatic heterocycles. The van der Waals surface area contributed by atoms with Gasteiger partial charge in [0.25, 0.3) is 0 Å². The molecule has 0 amide bonds. The predicted molar refractivity (Wildman–Crippen MR) is 436 cm³/mol. The van der Waals surface area contributed by atoms with Crippen LogP contribution in [-0.2, 0) is 65.4 Å². The Bertz CT molecular complexity index is 2630. The molecular weight excluding hydrogens is 1380 g/mol. The third kappa shape index (κ3) is 76.9. The van der Waals surface area contributed by atoms with Gasteiger partial charge in [0.15, 0.2) is 12.2 Å². The van der Waals surface area contributed by atoms with E-state index in [0.717, 1.165) is 154 Å². The Balaban J connectivity index is 5.48. The summed E-state index contributed by atoms with van der Waals surface area (Å²) in [6, 6.07) is 0. The van der Waals surface area contributed by atoms with E-state index in [1.165, 1.54) is 70.6 Å². The summed E-state index contributed by atoms with van der Waals surface area (Å²) in [6.07, 6.45) is 90.9. The van der Waals surface area contributed by atoms with Crippen molar-refractivity contribution in [3.05, 3.63) is 158 Å². The van der Waals surface area contributed by atoms with Gasteiger partial charge in [0.2, 0.25) is 0 Å². The molecule has 0 radical (unpaired) electrons. The van der Waals surface area contributed by atoms with E-state index < -0.39 is 97.5 Å². The largest absolute Gasteiger partial charge is 0.472 e. The van der Waals surface area contributed by atoms with Crippen LogP contribution in [0.2, 0.25) is 0 Å². The van der Waals surface area contributed by atoms with Crippen molar-refractivity contribution in [3.8, 4) is 0 Å². The van der Waals surface area contributed by atoms with Crippen molar-refractivity contribution >= 4 is 39.5 Å². The number of rotatable bonds is 75. The number of aliphatic hydroxyl groups excluding tert-OH is 1. The third-order valence-electron chi connectivity index (χ3n) is 16.5. The van der Waals surface area contributed by atoms with Crippen LogP contribution < -0.4 is 0 Å². The summed E-state index contributed by atoms with van der Waals surface area (Å²) in [4.78, 5) is 73.0. The molecule has 0 aliphatic rings. The standard InChI is InChI=1S/C87H144O17P2/c1-5-9-13-17-21-25-29-33-36-38-40-42-45-49-52-56-60-64-68-72-85(90)98-78-83(104-87(92)74-70-66-62-58-54-50-46-43-41-39-37-34-30-26-22-18-14-10-6-2)80-102-106(95,96)100-76-81(88)75-99-105(93,94)101-79-82(103-86(91)73-69-65-61-57-53-47-32-28-24-20-16-12-8-4)77-97-84(89)71-67-63-59-55-51-48-44-35-31-27-23-19-15-11-7-3/h9,11,13,15,21-23,25-27,33-37,40-44,49,51-52,55,60,64,81-83,88H,5-8,10,12,14,16-20,24,28-32,38-39,45-48,50,53-54,56-59,61-63,65-80H2,1-4H3,(H,93,94)(H,95,96)/b13-9-,15-11-,25-21-,26-22-,27-23-,36-33-,37-34-,42-40-,43-41-,44-35-,52-49-,55-51-,64-60-. The zero-order valence-electron chi connectivity index (χ0n) is 66.1. The minimum Gasteiger partial charge on any atom is -0.462 e. The minimum absolute atomic E-state index is 0.0278. The number of phosphoric ester groups is 2. The molecule has 0 spiro atoms. The Labute approximate surface area is 642 Å². The molecule has 5 unspecified atom stereocenters. The first-order valence-corrected chi connectivity index (χ1v) is 43.7. The molecule has 0 saturated heterocycles. The average Bonchev–Trinajstić information content (AvgIpc) is 0.903. The first-order chi connectivity index (χ1) is 51.7. The Morgan fingerprint density at radius 2 is 0.509 bits per heavy atom. The topological polar surface area (TPSA) is 237 Å². The van der Waals surface area contributed by atoms with E-state index in [2.05, 4.69) is 167 Å². The van der Waals surface area contributed by atoms with Gasteiger partial charge in [-0.1, -0.05) is 301 Å². The van der Waals surface area contributed by atoms with Gasteiger partial charge >= 0.3 is 39.5 Å². The fourth-order valence-corrected chi connectivity index (χ4v) is 11.9. The third-order valence-corrected chi connectivity index (χ3v) is 18.4. The predicted octanol–water partition coefficient (Wildman–Crippen LogP) is 24.0. The van der Waals surface area contributed by atoms with Gasteiger partial charge in [-0.05, 0) is 141 Å². The molecule has 0 fully saturated rings. The monoisotopic (exact) mass is 1520 g/mol. The summed E-state index contributed by atoms with van der Waals surface area (Å²) in [5.74, 6) is -2.34. The Morgan fingerprint density at radius 1 is 0.274 bits per heavy atom. The molecule has 5 atom stereocenters. The quantitative estimate of drug-likeness (QED) is 0.0169. The Hall–Kier alpha value is -5.32. The van der Waals surface area contributed by atoms with E-state index in [0.29, 0.717) is 32.1 Å². The highest BCUT2D eigenvalue weighted by atomic mass is 31.2. The first-order valence-electron chi connectivity index (χ1n) is 40.7. The van der Waals surface area contributed by atoms with Gasteiger partial charge < -0.3 is 33.8 Å².